The fourth-order valence-corrected chi connectivity index (χ4v) is 2.62. The number of piperidine rings is 1. The molecule has 2 unspecified atom stereocenters. The summed E-state index contributed by atoms with van der Waals surface area (Å²) >= 11 is 5.90. The predicted molar refractivity (Wildman–Crippen MR) is 71.4 cm³/mol. The van der Waals surface area contributed by atoms with Crippen LogP contribution >= 0.6 is 11.6 Å². The molecule has 98 valence electrons. The fourth-order valence-electron chi connectivity index (χ4n) is 2.41. The van der Waals surface area contributed by atoms with E-state index in [1.165, 1.54) is 12.5 Å². The Morgan fingerprint density at radius 1 is 1.50 bits per heavy atom. The summed E-state index contributed by atoms with van der Waals surface area (Å²) in [6.07, 6.45) is 2.30. The number of halogens is 1. The monoisotopic (exact) mass is 268 g/mol. The number of rotatable bonds is 2. The molecule has 2 atom stereocenters. The van der Waals surface area contributed by atoms with E-state index in [4.69, 9.17) is 16.7 Å². The molecule has 2 rings (SSSR count). The number of hydrogen-bond acceptors (Lipinski definition) is 3. The molecule has 4 nitrogen and oxygen atoms in total. The van der Waals surface area contributed by atoms with E-state index in [-0.39, 0.29) is 10.7 Å². The van der Waals surface area contributed by atoms with Crippen molar-refractivity contribution < 1.29 is 9.90 Å². The fraction of sp³-hybridized carbons (Fsp3) is 0.538. The third-order valence-corrected chi connectivity index (χ3v) is 3.89. The summed E-state index contributed by atoms with van der Waals surface area (Å²) < 4.78 is 0. The average molecular weight is 269 g/mol. The highest BCUT2D eigenvalue weighted by Gasteiger charge is 2.26. The van der Waals surface area contributed by atoms with Crippen LogP contribution in [0.15, 0.2) is 12.1 Å². The minimum atomic E-state index is -0.974. The van der Waals surface area contributed by atoms with Gasteiger partial charge in [-0.1, -0.05) is 18.5 Å². The van der Waals surface area contributed by atoms with Gasteiger partial charge in [-0.3, -0.25) is 0 Å². The van der Waals surface area contributed by atoms with Gasteiger partial charge in [0.25, 0.3) is 0 Å². The van der Waals surface area contributed by atoms with Gasteiger partial charge in [0.05, 0.1) is 5.56 Å². The van der Waals surface area contributed by atoms with Crippen LogP contribution in [0, 0.1) is 5.92 Å². The second-order valence-electron chi connectivity index (χ2n) is 4.90. The highest BCUT2D eigenvalue weighted by Crippen LogP contribution is 2.28. The van der Waals surface area contributed by atoms with Gasteiger partial charge in [-0.25, -0.2) is 9.78 Å². The number of aromatic nitrogens is 1. The highest BCUT2D eigenvalue weighted by atomic mass is 35.5. The maximum absolute atomic E-state index is 11.0. The van der Waals surface area contributed by atoms with Crippen LogP contribution in [-0.2, 0) is 0 Å². The van der Waals surface area contributed by atoms with E-state index in [0.29, 0.717) is 17.8 Å². The van der Waals surface area contributed by atoms with Crippen molar-refractivity contribution in [2.75, 3.05) is 11.4 Å². The Labute approximate surface area is 112 Å². The van der Waals surface area contributed by atoms with Crippen LogP contribution < -0.4 is 4.90 Å². The number of nitrogens with zero attached hydrogens (tertiary/aromatic N) is 2. The molecule has 1 N–H and O–H groups in total. The molecule has 0 amide bonds. The topological polar surface area (TPSA) is 53.4 Å². The first-order valence-electron chi connectivity index (χ1n) is 6.16. The maximum Gasteiger partial charge on any atom is 0.335 e. The summed E-state index contributed by atoms with van der Waals surface area (Å²) in [5, 5.41) is 9.28. The summed E-state index contributed by atoms with van der Waals surface area (Å²) in [5.74, 6) is 0.269. The lowest BCUT2D eigenvalue weighted by molar-refractivity contribution is 0.0696. The zero-order valence-corrected chi connectivity index (χ0v) is 11.3. The first-order chi connectivity index (χ1) is 8.49. The Bertz CT molecular complexity index is 464. The lowest BCUT2D eigenvalue weighted by Gasteiger charge is -2.38. The third kappa shape index (κ3) is 2.58. The Morgan fingerprint density at radius 3 is 2.89 bits per heavy atom. The van der Waals surface area contributed by atoms with Crippen molar-refractivity contribution in [3.8, 4) is 0 Å². The van der Waals surface area contributed by atoms with Crippen molar-refractivity contribution in [1.29, 1.82) is 0 Å². The number of carbonyl (C=O) groups is 1. The lowest BCUT2D eigenvalue weighted by atomic mass is 9.92. The van der Waals surface area contributed by atoms with E-state index in [1.807, 2.05) is 0 Å². The van der Waals surface area contributed by atoms with Crippen LogP contribution in [0.5, 0.6) is 0 Å². The Hall–Kier alpha value is -1.29. The molecule has 0 saturated carbocycles. The molecule has 1 aromatic heterocycles. The van der Waals surface area contributed by atoms with E-state index in [2.05, 4.69) is 23.7 Å². The molecule has 1 saturated heterocycles. The molecule has 18 heavy (non-hydrogen) atoms. The van der Waals surface area contributed by atoms with Crippen LogP contribution in [0.3, 0.4) is 0 Å². The summed E-state index contributed by atoms with van der Waals surface area (Å²) in [5.41, 5.74) is 0.190. The maximum atomic E-state index is 11.0. The van der Waals surface area contributed by atoms with Crippen molar-refractivity contribution in [1.82, 2.24) is 4.98 Å². The molecule has 1 fully saturated rings. The molecule has 2 heterocycles. The third-order valence-electron chi connectivity index (χ3n) is 3.70. The largest absolute Gasteiger partial charge is 0.478 e. The quantitative estimate of drug-likeness (QED) is 0.838. The van der Waals surface area contributed by atoms with Crippen LogP contribution in [-0.4, -0.2) is 28.6 Å². The van der Waals surface area contributed by atoms with Crippen molar-refractivity contribution in [2.45, 2.75) is 32.7 Å². The minimum Gasteiger partial charge on any atom is -0.478 e. The number of anilines is 1. The molecule has 0 spiro atoms. The molecular formula is C13H17ClN2O2. The molecule has 0 aromatic carbocycles. The average Bonchev–Trinajstić information content (AvgIpc) is 2.31. The van der Waals surface area contributed by atoms with Crippen molar-refractivity contribution >= 4 is 23.4 Å². The minimum absolute atomic E-state index is 0.190. The van der Waals surface area contributed by atoms with Gasteiger partial charge >= 0.3 is 5.97 Å². The van der Waals surface area contributed by atoms with Gasteiger partial charge in [0, 0.05) is 12.6 Å². The predicted octanol–water partition coefficient (Wildman–Crippen LogP) is 3.06. The van der Waals surface area contributed by atoms with E-state index in [9.17, 15) is 4.79 Å². The highest BCUT2D eigenvalue weighted by molar-refractivity contribution is 6.29. The number of carboxylic acids is 1. The van der Waals surface area contributed by atoms with Gasteiger partial charge in [-0.2, -0.15) is 0 Å². The second-order valence-corrected chi connectivity index (χ2v) is 5.28. The van der Waals surface area contributed by atoms with Crippen LogP contribution in [0.4, 0.5) is 5.82 Å². The summed E-state index contributed by atoms with van der Waals surface area (Å²) in [6, 6.07) is 3.33. The summed E-state index contributed by atoms with van der Waals surface area (Å²) in [6.45, 7) is 5.25. The normalized spacial score (nSPS) is 24.1. The lowest BCUT2D eigenvalue weighted by Crippen LogP contribution is -2.43. The number of aromatic carboxylic acids is 1. The van der Waals surface area contributed by atoms with Gasteiger partial charge < -0.3 is 10.0 Å². The Morgan fingerprint density at radius 2 is 2.22 bits per heavy atom. The number of carboxylic acid groups (broad SMARTS) is 1. The van der Waals surface area contributed by atoms with Gasteiger partial charge in [-0.15, -0.1) is 0 Å². The zero-order valence-electron chi connectivity index (χ0n) is 10.6. The smallest absolute Gasteiger partial charge is 0.335 e. The van der Waals surface area contributed by atoms with Crippen molar-refractivity contribution in [3.05, 3.63) is 22.8 Å². The first kappa shape index (κ1) is 13.1. The zero-order chi connectivity index (χ0) is 13.3. The SMILES string of the molecule is CC1CCCN(c2cc(C(=O)O)cc(Cl)n2)C1C. The molecule has 0 bridgehead atoms. The number of hydrogen-bond donors (Lipinski definition) is 1. The molecule has 5 heteroatoms. The van der Waals surface area contributed by atoms with Gasteiger partial charge in [0.2, 0.25) is 0 Å². The Balaban J connectivity index is 2.35. The van der Waals surface area contributed by atoms with E-state index in [1.54, 1.807) is 6.07 Å². The molecular weight excluding hydrogens is 252 g/mol. The molecule has 1 aromatic rings. The van der Waals surface area contributed by atoms with E-state index >= 15 is 0 Å². The number of pyridine rings is 1. The molecule has 1 aliphatic rings. The first-order valence-corrected chi connectivity index (χ1v) is 6.54. The van der Waals surface area contributed by atoms with Gasteiger partial charge in [-0.05, 0) is 37.8 Å². The Kier molecular flexibility index (Phi) is 3.76. The standard InChI is InChI=1S/C13H17ClN2O2/c1-8-4-3-5-16(9(8)2)12-7-10(13(17)18)6-11(14)15-12/h6-9H,3-5H2,1-2H3,(H,17,18). The van der Waals surface area contributed by atoms with Crippen molar-refractivity contribution in [2.24, 2.45) is 5.92 Å². The van der Waals surface area contributed by atoms with Crippen LogP contribution in [0.25, 0.3) is 0 Å². The summed E-state index contributed by atoms with van der Waals surface area (Å²) in [4.78, 5) is 17.4. The van der Waals surface area contributed by atoms with Gasteiger partial charge in [0.15, 0.2) is 0 Å². The molecule has 0 radical (unpaired) electrons. The molecule has 0 aliphatic carbocycles. The van der Waals surface area contributed by atoms with E-state index < -0.39 is 5.97 Å². The molecule has 1 aliphatic heterocycles. The summed E-state index contributed by atoms with van der Waals surface area (Å²) in [7, 11) is 0. The van der Waals surface area contributed by atoms with E-state index in [0.717, 1.165) is 13.0 Å². The van der Waals surface area contributed by atoms with Gasteiger partial charge in [0.1, 0.15) is 11.0 Å². The van der Waals surface area contributed by atoms with Crippen LogP contribution in [0.2, 0.25) is 5.15 Å². The second kappa shape index (κ2) is 5.14. The van der Waals surface area contributed by atoms with Crippen LogP contribution in [0.1, 0.15) is 37.0 Å². The van der Waals surface area contributed by atoms with Crippen molar-refractivity contribution in [3.63, 3.8) is 0 Å².